The van der Waals surface area contributed by atoms with Crippen LogP contribution in [0, 0.1) is 25.2 Å². The molecular formula is C20H22NO2. The highest BCUT2D eigenvalue weighted by Crippen LogP contribution is 2.28. The molecule has 0 N–H and O–H groups in total. The van der Waals surface area contributed by atoms with Crippen molar-refractivity contribution in [2.75, 3.05) is 13.7 Å². The highest BCUT2D eigenvalue weighted by atomic mass is 16.5. The topological polar surface area (TPSA) is 42.2 Å². The molecule has 0 bridgehead atoms. The van der Waals surface area contributed by atoms with E-state index >= 15 is 0 Å². The number of nitriles is 1. The molecule has 0 aliphatic heterocycles. The molecular weight excluding hydrogens is 286 g/mol. The van der Waals surface area contributed by atoms with Gasteiger partial charge in [-0.25, -0.2) is 0 Å². The predicted molar refractivity (Wildman–Crippen MR) is 91.3 cm³/mol. The Morgan fingerprint density at radius 3 is 2.65 bits per heavy atom. The number of rotatable bonds is 6. The largest absolute Gasteiger partial charge is 0.489 e. The minimum absolute atomic E-state index is 0.335. The number of aryl methyl sites for hydroxylation is 1. The maximum Gasteiger partial charge on any atom is 0.124 e. The molecule has 2 aromatic carbocycles. The Morgan fingerprint density at radius 2 is 1.96 bits per heavy atom. The average Bonchev–Trinajstić information content (AvgIpc) is 2.54. The highest BCUT2D eigenvalue weighted by molar-refractivity contribution is 5.42. The molecule has 1 radical (unpaired) electrons. The molecule has 3 heteroatoms. The third-order valence-electron chi connectivity index (χ3n) is 3.83. The Kier molecular flexibility index (Phi) is 5.41. The SMILES string of the molecule is [CH2]C(C)(COC)c1ccccc1COc1cc(C#N)ccc1C. The summed E-state index contributed by atoms with van der Waals surface area (Å²) >= 11 is 0. The van der Waals surface area contributed by atoms with E-state index in [1.807, 2.05) is 31.2 Å². The van der Waals surface area contributed by atoms with Gasteiger partial charge in [-0.3, -0.25) is 0 Å². The highest BCUT2D eigenvalue weighted by Gasteiger charge is 2.23. The standard InChI is InChI=1S/C20H22NO2/c1-15-9-10-16(12-21)11-19(15)23-13-17-7-5-6-8-18(17)20(2,3)14-22-4/h5-11H,2,13-14H2,1,3-4H3. The van der Waals surface area contributed by atoms with Crippen LogP contribution in [0.4, 0.5) is 0 Å². The fourth-order valence-electron chi connectivity index (χ4n) is 2.61. The van der Waals surface area contributed by atoms with Gasteiger partial charge in [-0.05, 0) is 42.7 Å². The smallest absolute Gasteiger partial charge is 0.124 e. The van der Waals surface area contributed by atoms with Crippen molar-refractivity contribution >= 4 is 0 Å². The maximum atomic E-state index is 9.02. The zero-order valence-corrected chi connectivity index (χ0v) is 13.9. The summed E-state index contributed by atoms with van der Waals surface area (Å²) in [5.41, 5.74) is 3.45. The second-order valence-corrected chi connectivity index (χ2v) is 6.03. The van der Waals surface area contributed by atoms with Gasteiger partial charge in [0.15, 0.2) is 0 Å². The van der Waals surface area contributed by atoms with E-state index in [2.05, 4.69) is 26.0 Å². The minimum atomic E-state index is -0.335. The van der Waals surface area contributed by atoms with Crippen LogP contribution in [0.2, 0.25) is 0 Å². The lowest BCUT2D eigenvalue weighted by molar-refractivity contribution is 0.156. The number of benzene rings is 2. The van der Waals surface area contributed by atoms with E-state index < -0.39 is 0 Å². The zero-order chi connectivity index (χ0) is 16.9. The third-order valence-corrected chi connectivity index (χ3v) is 3.83. The van der Waals surface area contributed by atoms with Gasteiger partial charge in [0.2, 0.25) is 0 Å². The second kappa shape index (κ2) is 7.30. The molecule has 0 amide bonds. The monoisotopic (exact) mass is 308 g/mol. The Labute approximate surface area is 138 Å². The zero-order valence-electron chi connectivity index (χ0n) is 13.9. The Morgan fingerprint density at radius 1 is 1.22 bits per heavy atom. The van der Waals surface area contributed by atoms with Crippen molar-refractivity contribution in [3.05, 3.63) is 71.6 Å². The van der Waals surface area contributed by atoms with E-state index in [0.29, 0.717) is 18.8 Å². The fourth-order valence-corrected chi connectivity index (χ4v) is 2.61. The van der Waals surface area contributed by atoms with E-state index in [-0.39, 0.29) is 5.41 Å². The molecule has 0 aromatic heterocycles. The molecule has 0 heterocycles. The van der Waals surface area contributed by atoms with Crippen LogP contribution in [0.1, 0.15) is 29.2 Å². The van der Waals surface area contributed by atoms with Crippen molar-refractivity contribution in [2.45, 2.75) is 25.9 Å². The predicted octanol–water partition coefficient (Wildman–Crippen LogP) is 4.18. The van der Waals surface area contributed by atoms with Crippen molar-refractivity contribution in [2.24, 2.45) is 0 Å². The molecule has 0 saturated carbocycles. The molecule has 3 nitrogen and oxygen atoms in total. The first-order valence-corrected chi connectivity index (χ1v) is 7.54. The van der Waals surface area contributed by atoms with Crippen LogP contribution in [-0.2, 0) is 16.8 Å². The lowest BCUT2D eigenvalue weighted by atomic mass is 9.82. The lowest BCUT2D eigenvalue weighted by Crippen LogP contribution is -2.26. The fraction of sp³-hybridized carbons (Fsp3) is 0.300. The first-order chi connectivity index (χ1) is 11.0. The third kappa shape index (κ3) is 4.12. The molecule has 2 aromatic rings. The molecule has 2 rings (SSSR count). The number of methoxy groups -OCH3 is 1. The van der Waals surface area contributed by atoms with Crippen LogP contribution < -0.4 is 4.74 Å². The number of nitrogens with zero attached hydrogens (tertiary/aromatic N) is 1. The second-order valence-electron chi connectivity index (χ2n) is 6.03. The van der Waals surface area contributed by atoms with Gasteiger partial charge in [0, 0.05) is 12.5 Å². The summed E-state index contributed by atoms with van der Waals surface area (Å²) in [6.45, 7) is 9.26. The average molecular weight is 308 g/mol. The molecule has 119 valence electrons. The van der Waals surface area contributed by atoms with Gasteiger partial charge < -0.3 is 9.47 Å². The number of ether oxygens (including phenoxy) is 2. The molecule has 0 saturated heterocycles. The Bertz CT molecular complexity index is 714. The van der Waals surface area contributed by atoms with Gasteiger partial charge in [-0.15, -0.1) is 0 Å². The summed E-state index contributed by atoms with van der Waals surface area (Å²) in [6, 6.07) is 15.7. The summed E-state index contributed by atoms with van der Waals surface area (Å²) in [7, 11) is 1.68. The van der Waals surface area contributed by atoms with Crippen molar-refractivity contribution in [3.63, 3.8) is 0 Å². The van der Waals surface area contributed by atoms with Gasteiger partial charge >= 0.3 is 0 Å². The number of hydrogen-bond acceptors (Lipinski definition) is 3. The van der Waals surface area contributed by atoms with Crippen LogP contribution in [0.15, 0.2) is 42.5 Å². The summed E-state index contributed by atoms with van der Waals surface area (Å²) in [6.07, 6.45) is 0. The van der Waals surface area contributed by atoms with Crippen LogP contribution in [0.3, 0.4) is 0 Å². The Balaban J connectivity index is 2.24. The number of hydrogen-bond donors (Lipinski definition) is 0. The normalized spacial score (nSPS) is 11.1. The molecule has 0 fully saturated rings. The quantitative estimate of drug-likeness (QED) is 0.804. The van der Waals surface area contributed by atoms with Crippen LogP contribution >= 0.6 is 0 Å². The molecule has 23 heavy (non-hydrogen) atoms. The van der Waals surface area contributed by atoms with Crippen molar-refractivity contribution in [1.82, 2.24) is 0 Å². The minimum Gasteiger partial charge on any atom is -0.489 e. The molecule has 0 aliphatic rings. The van der Waals surface area contributed by atoms with Crippen LogP contribution in [0.25, 0.3) is 0 Å². The summed E-state index contributed by atoms with van der Waals surface area (Å²) in [5, 5.41) is 9.02. The van der Waals surface area contributed by atoms with Gasteiger partial charge in [-0.2, -0.15) is 5.26 Å². The van der Waals surface area contributed by atoms with Gasteiger partial charge in [-0.1, -0.05) is 37.3 Å². The van der Waals surface area contributed by atoms with E-state index in [1.54, 1.807) is 19.2 Å². The summed E-state index contributed by atoms with van der Waals surface area (Å²) in [5.74, 6) is 0.733. The van der Waals surface area contributed by atoms with E-state index in [1.165, 1.54) is 0 Å². The van der Waals surface area contributed by atoms with E-state index in [9.17, 15) is 0 Å². The molecule has 0 aliphatic carbocycles. The van der Waals surface area contributed by atoms with Gasteiger partial charge in [0.05, 0.1) is 18.2 Å². The van der Waals surface area contributed by atoms with Crippen molar-refractivity contribution in [1.29, 1.82) is 5.26 Å². The first-order valence-electron chi connectivity index (χ1n) is 7.54. The molecule has 1 unspecified atom stereocenters. The van der Waals surface area contributed by atoms with Crippen molar-refractivity contribution < 1.29 is 9.47 Å². The molecule has 0 spiro atoms. The Hall–Kier alpha value is -2.31. The first kappa shape index (κ1) is 17.1. The summed E-state index contributed by atoms with van der Waals surface area (Å²) in [4.78, 5) is 0. The van der Waals surface area contributed by atoms with Gasteiger partial charge in [0.25, 0.3) is 0 Å². The van der Waals surface area contributed by atoms with E-state index in [4.69, 9.17) is 14.7 Å². The lowest BCUT2D eigenvalue weighted by Gasteiger charge is -2.27. The van der Waals surface area contributed by atoms with Gasteiger partial charge in [0.1, 0.15) is 12.4 Å². The molecule has 1 atom stereocenters. The van der Waals surface area contributed by atoms with Crippen molar-refractivity contribution in [3.8, 4) is 11.8 Å². The van der Waals surface area contributed by atoms with Crippen LogP contribution in [-0.4, -0.2) is 13.7 Å². The summed E-state index contributed by atoms with van der Waals surface area (Å²) < 4.78 is 11.2. The van der Waals surface area contributed by atoms with Crippen LogP contribution in [0.5, 0.6) is 5.75 Å². The maximum absolute atomic E-state index is 9.02. The van der Waals surface area contributed by atoms with E-state index in [0.717, 1.165) is 22.4 Å².